The Balaban J connectivity index is 1.28. The van der Waals surface area contributed by atoms with E-state index in [4.69, 9.17) is 9.15 Å². The van der Waals surface area contributed by atoms with Crippen LogP contribution in [0.3, 0.4) is 0 Å². The Kier molecular flexibility index (Phi) is 5.89. The highest BCUT2D eigenvalue weighted by Crippen LogP contribution is 2.23. The summed E-state index contributed by atoms with van der Waals surface area (Å²) >= 11 is 0. The van der Waals surface area contributed by atoms with Crippen molar-refractivity contribution in [1.82, 2.24) is 14.8 Å². The van der Waals surface area contributed by atoms with Gasteiger partial charge in [-0.05, 0) is 29.8 Å². The van der Waals surface area contributed by atoms with E-state index in [1.165, 1.54) is 0 Å². The monoisotopic (exact) mass is 402 g/mol. The molecule has 0 radical (unpaired) electrons. The van der Waals surface area contributed by atoms with Crippen LogP contribution in [0, 0.1) is 0 Å². The Morgan fingerprint density at radius 1 is 1.10 bits per heavy atom. The molecule has 7 heteroatoms. The van der Waals surface area contributed by atoms with E-state index in [9.17, 15) is 4.79 Å². The molecule has 0 fully saturated rings. The summed E-state index contributed by atoms with van der Waals surface area (Å²) in [5, 5.41) is 7.16. The number of rotatable bonds is 8. The number of hydrogen-bond donors (Lipinski definition) is 1. The van der Waals surface area contributed by atoms with Gasteiger partial charge in [-0.1, -0.05) is 30.3 Å². The van der Waals surface area contributed by atoms with Crippen LogP contribution in [0.5, 0.6) is 5.75 Å². The Hall–Kier alpha value is -3.87. The number of oxazole rings is 1. The third-order valence-electron chi connectivity index (χ3n) is 4.60. The lowest BCUT2D eigenvalue weighted by atomic mass is 10.2. The first-order chi connectivity index (χ1) is 14.7. The maximum atomic E-state index is 12.3. The maximum absolute atomic E-state index is 12.3. The van der Waals surface area contributed by atoms with E-state index >= 15 is 0 Å². The van der Waals surface area contributed by atoms with Crippen LogP contribution in [0.4, 0.5) is 5.69 Å². The topological polar surface area (TPSA) is 82.2 Å². The molecule has 0 saturated heterocycles. The molecule has 0 aliphatic heterocycles. The summed E-state index contributed by atoms with van der Waals surface area (Å²) in [5.74, 6) is 1.85. The Morgan fingerprint density at radius 2 is 1.90 bits per heavy atom. The number of aryl methyl sites for hydroxylation is 1. The Bertz CT molecular complexity index is 1100. The number of hydrogen-bond acceptors (Lipinski definition) is 5. The SMILES string of the molecule is COc1ccc(-c2cnc(CCC(=O)Nc3cnn(Cc4ccccc4)c3)o2)cc1. The number of carbonyl (C=O) groups excluding carboxylic acids is 1. The molecule has 0 saturated carbocycles. The molecule has 152 valence electrons. The van der Waals surface area contributed by atoms with E-state index in [1.807, 2.05) is 60.8 Å². The molecule has 0 aliphatic carbocycles. The summed E-state index contributed by atoms with van der Waals surface area (Å²) in [5.41, 5.74) is 2.72. The Morgan fingerprint density at radius 3 is 2.67 bits per heavy atom. The fourth-order valence-electron chi connectivity index (χ4n) is 3.04. The third-order valence-corrected chi connectivity index (χ3v) is 4.60. The number of ether oxygens (including phenoxy) is 1. The number of benzene rings is 2. The number of carbonyl (C=O) groups is 1. The normalized spacial score (nSPS) is 10.7. The van der Waals surface area contributed by atoms with Crippen LogP contribution in [0.2, 0.25) is 0 Å². The van der Waals surface area contributed by atoms with E-state index in [0.29, 0.717) is 30.3 Å². The standard InChI is InChI=1S/C23H22N4O3/c1-29-20-9-7-18(8-10-20)21-14-24-23(30-21)12-11-22(28)26-19-13-25-27(16-19)15-17-5-3-2-4-6-17/h2-10,13-14,16H,11-12,15H2,1H3,(H,26,28). The Labute approximate surface area is 174 Å². The molecule has 0 bridgehead atoms. The number of amides is 1. The minimum atomic E-state index is -0.113. The van der Waals surface area contributed by atoms with Crippen LogP contribution in [-0.2, 0) is 17.8 Å². The van der Waals surface area contributed by atoms with Gasteiger partial charge >= 0.3 is 0 Å². The van der Waals surface area contributed by atoms with Crippen molar-refractivity contribution >= 4 is 11.6 Å². The average Bonchev–Trinajstić information content (AvgIpc) is 3.43. The van der Waals surface area contributed by atoms with Crippen molar-refractivity contribution in [3.63, 3.8) is 0 Å². The number of methoxy groups -OCH3 is 1. The first-order valence-electron chi connectivity index (χ1n) is 9.65. The molecule has 0 aliphatic rings. The lowest BCUT2D eigenvalue weighted by molar-refractivity contribution is -0.116. The summed E-state index contributed by atoms with van der Waals surface area (Å²) in [6, 6.07) is 17.6. The van der Waals surface area contributed by atoms with Crippen molar-refractivity contribution in [2.75, 3.05) is 12.4 Å². The predicted octanol–water partition coefficient (Wildman–Crippen LogP) is 4.17. The highest BCUT2D eigenvalue weighted by molar-refractivity contribution is 5.90. The summed E-state index contributed by atoms with van der Waals surface area (Å²) < 4.78 is 12.7. The zero-order chi connectivity index (χ0) is 20.8. The summed E-state index contributed by atoms with van der Waals surface area (Å²) in [6.07, 6.45) is 5.82. The highest BCUT2D eigenvalue weighted by atomic mass is 16.5. The minimum absolute atomic E-state index is 0.113. The van der Waals surface area contributed by atoms with E-state index in [0.717, 1.165) is 16.9 Å². The summed E-state index contributed by atoms with van der Waals surface area (Å²) in [4.78, 5) is 16.5. The van der Waals surface area contributed by atoms with Crippen molar-refractivity contribution in [3.8, 4) is 17.1 Å². The molecule has 0 atom stereocenters. The molecule has 30 heavy (non-hydrogen) atoms. The van der Waals surface area contributed by atoms with Gasteiger partial charge in [0, 0.05) is 24.6 Å². The van der Waals surface area contributed by atoms with Crippen LogP contribution < -0.4 is 10.1 Å². The van der Waals surface area contributed by atoms with Crippen LogP contribution in [0.15, 0.2) is 77.6 Å². The number of anilines is 1. The second-order valence-corrected chi connectivity index (χ2v) is 6.81. The van der Waals surface area contributed by atoms with E-state index in [2.05, 4.69) is 15.4 Å². The van der Waals surface area contributed by atoms with Gasteiger partial charge in [0.05, 0.1) is 31.7 Å². The van der Waals surface area contributed by atoms with Gasteiger partial charge in [-0.3, -0.25) is 9.48 Å². The lowest BCUT2D eigenvalue weighted by Gasteiger charge is -2.02. The molecular weight excluding hydrogens is 380 g/mol. The molecule has 0 unspecified atom stereocenters. The smallest absolute Gasteiger partial charge is 0.224 e. The predicted molar refractivity (Wildman–Crippen MR) is 113 cm³/mol. The largest absolute Gasteiger partial charge is 0.497 e. The van der Waals surface area contributed by atoms with Crippen molar-refractivity contribution in [2.24, 2.45) is 0 Å². The van der Waals surface area contributed by atoms with E-state index in [-0.39, 0.29) is 12.3 Å². The first kappa shape index (κ1) is 19.4. The molecule has 1 N–H and O–H groups in total. The average molecular weight is 402 g/mol. The van der Waals surface area contributed by atoms with Gasteiger partial charge in [0.15, 0.2) is 11.7 Å². The quantitative estimate of drug-likeness (QED) is 0.478. The molecular formula is C23H22N4O3. The van der Waals surface area contributed by atoms with Gasteiger partial charge in [-0.25, -0.2) is 4.98 Å². The van der Waals surface area contributed by atoms with Crippen molar-refractivity contribution in [1.29, 1.82) is 0 Å². The zero-order valence-electron chi connectivity index (χ0n) is 16.6. The summed E-state index contributed by atoms with van der Waals surface area (Å²) in [7, 11) is 1.63. The third kappa shape index (κ3) is 4.94. The molecule has 0 spiro atoms. The molecule has 2 aromatic heterocycles. The van der Waals surface area contributed by atoms with Crippen LogP contribution in [0.1, 0.15) is 17.9 Å². The maximum Gasteiger partial charge on any atom is 0.224 e. The van der Waals surface area contributed by atoms with Crippen molar-refractivity contribution in [2.45, 2.75) is 19.4 Å². The van der Waals surface area contributed by atoms with E-state index < -0.39 is 0 Å². The van der Waals surface area contributed by atoms with Gasteiger partial charge in [-0.2, -0.15) is 5.10 Å². The fourth-order valence-corrected chi connectivity index (χ4v) is 3.04. The van der Waals surface area contributed by atoms with Crippen LogP contribution in [-0.4, -0.2) is 27.8 Å². The van der Waals surface area contributed by atoms with Crippen molar-refractivity contribution in [3.05, 3.63) is 84.6 Å². The first-order valence-corrected chi connectivity index (χ1v) is 9.65. The number of nitrogens with one attached hydrogen (secondary N) is 1. The molecule has 7 nitrogen and oxygen atoms in total. The van der Waals surface area contributed by atoms with Gasteiger partial charge < -0.3 is 14.5 Å². The second kappa shape index (κ2) is 9.09. The van der Waals surface area contributed by atoms with Gasteiger partial charge in [-0.15, -0.1) is 0 Å². The summed E-state index contributed by atoms with van der Waals surface area (Å²) in [6.45, 7) is 0.654. The van der Waals surface area contributed by atoms with Gasteiger partial charge in [0.2, 0.25) is 5.91 Å². The van der Waals surface area contributed by atoms with E-state index in [1.54, 1.807) is 24.2 Å². The molecule has 2 aromatic carbocycles. The number of nitrogens with zero attached hydrogens (tertiary/aromatic N) is 3. The number of aromatic nitrogens is 3. The van der Waals surface area contributed by atoms with Crippen LogP contribution >= 0.6 is 0 Å². The van der Waals surface area contributed by atoms with Gasteiger partial charge in [0.25, 0.3) is 0 Å². The molecule has 2 heterocycles. The molecule has 1 amide bonds. The minimum Gasteiger partial charge on any atom is -0.497 e. The fraction of sp³-hybridized carbons (Fsp3) is 0.174. The lowest BCUT2D eigenvalue weighted by Crippen LogP contribution is -2.12. The highest BCUT2D eigenvalue weighted by Gasteiger charge is 2.10. The van der Waals surface area contributed by atoms with Gasteiger partial charge in [0.1, 0.15) is 5.75 Å². The second-order valence-electron chi connectivity index (χ2n) is 6.81. The zero-order valence-corrected chi connectivity index (χ0v) is 16.6. The molecule has 4 rings (SSSR count). The van der Waals surface area contributed by atoms with Crippen LogP contribution in [0.25, 0.3) is 11.3 Å². The van der Waals surface area contributed by atoms with Crippen molar-refractivity contribution < 1.29 is 13.9 Å². The molecule has 4 aromatic rings.